The molecule has 2 heterocycles. The smallest absolute Gasteiger partial charge is 0.150 e. The van der Waals surface area contributed by atoms with Gasteiger partial charge >= 0.3 is 0 Å². The zero-order valence-corrected chi connectivity index (χ0v) is 9.22. The molecule has 0 aliphatic carbocycles. The molecule has 3 N–H and O–H groups in total. The van der Waals surface area contributed by atoms with Crippen molar-refractivity contribution in [1.29, 1.82) is 0 Å². The first-order valence-corrected chi connectivity index (χ1v) is 5.40. The Morgan fingerprint density at radius 3 is 3.07 bits per heavy atom. The molecule has 2 aromatic heterocycles. The SMILES string of the molecule is Nc1ncnc(NCc2cncs2)c1Cl. The average Bonchev–Trinajstić information content (AvgIpc) is 2.73. The molecule has 0 aromatic carbocycles. The number of nitrogens with zero attached hydrogens (tertiary/aromatic N) is 3. The number of nitrogens with two attached hydrogens (primary N) is 1. The molecule has 7 heteroatoms. The van der Waals surface area contributed by atoms with E-state index in [9.17, 15) is 0 Å². The maximum absolute atomic E-state index is 5.91. The highest BCUT2D eigenvalue weighted by molar-refractivity contribution is 7.09. The molecule has 2 rings (SSSR count). The fourth-order valence-electron chi connectivity index (χ4n) is 1.01. The Morgan fingerprint density at radius 2 is 2.33 bits per heavy atom. The van der Waals surface area contributed by atoms with Crippen LogP contribution in [0.25, 0.3) is 0 Å². The van der Waals surface area contributed by atoms with E-state index in [1.807, 2.05) is 0 Å². The predicted octanol–water partition coefficient (Wildman–Crippen LogP) is 1.78. The lowest BCUT2D eigenvalue weighted by Gasteiger charge is -2.06. The van der Waals surface area contributed by atoms with Gasteiger partial charge in [0.25, 0.3) is 0 Å². The summed E-state index contributed by atoms with van der Waals surface area (Å²) in [7, 11) is 0. The highest BCUT2D eigenvalue weighted by Crippen LogP contribution is 2.23. The Morgan fingerprint density at radius 1 is 1.47 bits per heavy atom. The van der Waals surface area contributed by atoms with Crippen molar-refractivity contribution in [2.45, 2.75) is 6.54 Å². The Bertz CT molecular complexity index is 444. The van der Waals surface area contributed by atoms with Gasteiger partial charge in [0, 0.05) is 11.1 Å². The zero-order valence-electron chi connectivity index (χ0n) is 7.64. The summed E-state index contributed by atoms with van der Waals surface area (Å²) in [4.78, 5) is 12.8. The summed E-state index contributed by atoms with van der Waals surface area (Å²) < 4.78 is 0. The van der Waals surface area contributed by atoms with E-state index in [4.69, 9.17) is 17.3 Å². The summed E-state index contributed by atoms with van der Waals surface area (Å²) in [5.41, 5.74) is 7.31. The van der Waals surface area contributed by atoms with E-state index in [0.29, 0.717) is 17.4 Å². The van der Waals surface area contributed by atoms with Gasteiger partial charge in [-0.15, -0.1) is 11.3 Å². The van der Waals surface area contributed by atoms with Crippen LogP contribution < -0.4 is 11.1 Å². The summed E-state index contributed by atoms with van der Waals surface area (Å²) >= 11 is 7.47. The van der Waals surface area contributed by atoms with Gasteiger partial charge in [-0.25, -0.2) is 9.97 Å². The second kappa shape index (κ2) is 4.41. The first-order valence-electron chi connectivity index (χ1n) is 4.14. The van der Waals surface area contributed by atoms with Crippen LogP contribution in [-0.4, -0.2) is 15.0 Å². The van der Waals surface area contributed by atoms with Crippen LogP contribution in [0.5, 0.6) is 0 Å². The zero-order chi connectivity index (χ0) is 10.7. The first-order chi connectivity index (χ1) is 7.27. The minimum Gasteiger partial charge on any atom is -0.382 e. The van der Waals surface area contributed by atoms with Gasteiger partial charge in [0.1, 0.15) is 17.2 Å². The standard InChI is InChI=1S/C8H8ClN5S/c9-6-7(10)13-3-14-8(6)12-2-5-1-11-4-15-5/h1,3-4H,2H2,(H3,10,12,13,14). The molecule has 0 unspecified atom stereocenters. The van der Waals surface area contributed by atoms with Crippen molar-refractivity contribution in [2.75, 3.05) is 11.1 Å². The molecule has 2 aromatic rings. The van der Waals surface area contributed by atoms with Gasteiger partial charge in [-0.05, 0) is 0 Å². The molecular formula is C8H8ClN5S. The molecule has 0 bridgehead atoms. The van der Waals surface area contributed by atoms with Gasteiger partial charge in [-0.3, -0.25) is 4.98 Å². The normalized spacial score (nSPS) is 10.2. The summed E-state index contributed by atoms with van der Waals surface area (Å²) in [5.74, 6) is 0.816. The van der Waals surface area contributed by atoms with Crippen molar-refractivity contribution in [3.8, 4) is 0 Å². The topological polar surface area (TPSA) is 76.7 Å². The number of aromatic nitrogens is 3. The van der Waals surface area contributed by atoms with E-state index in [2.05, 4.69) is 20.3 Å². The fraction of sp³-hybridized carbons (Fsp3) is 0.125. The van der Waals surface area contributed by atoms with Crippen LogP contribution in [0.1, 0.15) is 4.88 Å². The van der Waals surface area contributed by atoms with E-state index >= 15 is 0 Å². The van der Waals surface area contributed by atoms with Crippen molar-refractivity contribution in [3.63, 3.8) is 0 Å². The predicted molar refractivity (Wildman–Crippen MR) is 60.9 cm³/mol. The summed E-state index contributed by atoms with van der Waals surface area (Å²) in [5, 5.41) is 3.41. The maximum atomic E-state index is 5.91. The van der Waals surface area contributed by atoms with Crippen molar-refractivity contribution in [1.82, 2.24) is 15.0 Å². The highest BCUT2D eigenvalue weighted by atomic mass is 35.5. The summed E-state index contributed by atoms with van der Waals surface area (Å²) in [6, 6.07) is 0. The maximum Gasteiger partial charge on any atom is 0.150 e. The van der Waals surface area contributed by atoms with Gasteiger partial charge in [0.15, 0.2) is 5.82 Å². The number of anilines is 2. The summed E-state index contributed by atoms with van der Waals surface area (Å²) in [6.07, 6.45) is 3.16. The van der Waals surface area contributed by atoms with Gasteiger partial charge < -0.3 is 11.1 Å². The van der Waals surface area contributed by atoms with E-state index in [1.54, 1.807) is 23.0 Å². The molecule has 0 radical (unpaired) electrons. The highest BCUT2D eigenvalue weighted by Gasteiger charge is 2.05. The lowest BCUT2D eigenvalue weighted by molar-refractivity contribution is 1.10. The molecule has 5 nitrogen and oxygen atoms in total. The number of thiazole rings is 1. The van der Waals surface area contributed by atoms with Gasteiger partial charge in [-0.1, -0.05) is 11.6 Å². The molecule has 0 fully saturated rings. The number of rotatable bonds is 3. The molecule has 0 spiro atoms. The van der Waals surface area contributed by atoms with E-state index in [1.165, 1.54) is 6.33 Å². The van der Waals surface area contributed by atoms with E-state index < -0.39 is 0 Å². The number of hydrogen-bond acceptors (Lipinski definition) is 6. The summed E-state index contributed by atoms with van der Waals surface area (Å²) in [6.45, 7) is 0.626. The molecule has 0 saturated heterocycles. The minimum absolute atomic E-state index is 0.276. The van der Waals surface area contributed by atoms with Crippen LogP contribution in [0.2, 0.25) is 5.02 Å². The molecule has 0 aliphatic heterocycles. The van der Waals surface area contributed by atoms with E-state index in [0.717, 1.165) is 4.88 Å². The van der Waals surface area contributed by atoms with Crippen LogP contribution >= 0.6 is 22.9 Å². The number of hydrogen-bond donors (Lipinski definition) is 2. The molecule has 0 amide bonds. The van der Waals surface area contributed by atoms with Gasteiger partial charge in [-0.2, -0.15) is 0 Å². The quantitative estimate of drug-likeness (QED) is 0.857. The van der Waals surface area contributed by atoms with Crippen LogP contribution in [0.4, 0.5) is 11.6 Å². The van der Waals surface area contributed by atoms with Crippen LogP contribution in [-0.2, 0) is 6.54 Å². The number of nitrogen functional groups attached to an aromatic ring is 1. The third-order valence-electron chi connectivity index (χ3n) is 1.73. The van der Waals surface area contributed by atoms with Crippen LogP contribution in [0, 0.1) is 0 Å². The third kappa shape index (κ3) is 2.34. The Balaban J connectivity index is 2.08. The van der Waals surface area contributed by atoms with Gasteiger partial charge in [0.2, 0.25) is 0 Å². The van der Waals surface area contributed by atoms with Crippen LogP contribution in [0.3, 0.4) is 0 Å². The largest absolute Gasteiger partial charge is 0.382 e. The van der Waals surface area contributed by atoms with Crippen molar-refractivity contribution in [2.24, 2.45) is 0 Å². The molecule has 0 saturated carbocycles. The number of nitrogens with one attached hydrogen (secondary N) is 1. The molecule has 78 valence electrons. The Hall–Kier alpha value is -1.40. The Kier molecular flexibility index (Phi) is 2.98. The Labute approximate surface area is 95.3 Å². The second-order valence-electron chi connectivity index (χ2n) is 2.74. The number of halogens is 1. The first kappa shape index (κ1) is 10.1. The minimum atomic E-state index is 0.276. The lowest BCUT2D eigenvalue weighted by Crippen LogP contribution is -2.03. The average molecular weight is 242 g/mol. The van der Waals surface area contributed by atoms with E-state index in [-0.39, 0.29) is 5.82 Å². The van der Waals surface area contributed by atoms with Crippen LogP contribution in [0.15, 0.2) is 18.0 Å². The van der Waals surface area contributed by atoms with Crippen molar-refractivity contribution < 1.29 is 0 Å². The lowest BCUT2D eigenvalue weighted by atomic mass is 10.5. The molecule has 0 aliphatic rings. The van der Waals surface area contributed by atoms with Crippen molar-refractivity contribution >= 4 is 34.6 Å². The monoisotopic (exact) mass is 241 g/mol. The third-order valence-corrected chi connectivity index (χ3v) is 2.88. The van der Waals surface area contributed by atoms with Gasteiger partial charge in [0.05, 0.1) is 12.1 Å². The molecule has 15 heavy (non-hydrogen) atoms. The fourth-order valence-corrected chi connectivity index (χ4v) is 1.71. The molecular weight excluding hydrogens is 234 g/mol. The second-order valence-corrected chi connectivity index (χ2v) is 4.09. The van der Waals surface area contributed by atoms with Crippen molar-refractivity contribution in [3.05, 3.63) is 27.9 Å². The molecule has 0 atom stereocenters.